The van der Waals surface area contributed by atoms with Crippen LogP contribution in [0, 0.1) is 20.8 Å². The van der Waals surface area contributed by atoms with Gasteiger partial charge in [0.15, 0.2) is 0 Å². The number of rotatable bonds is 2. The Kier molecular flexibility index (Phi) is 3.78. The summed E-state index contributed by atoms with van der Waals surface area (Å²) in [5, 5.41) is 1.80. The molecule has 0 aliphatic heterocycles. The van der Waals surface area contributed by atoms with Crippen LogP contribution in [-0.2, 0) is 0 Å². The van der Waals surface area contributed by atoms with E-state index in [9.17, 15) is 0 Å². The number of fused-ring (bicyclic) bond motifs is 1. The maximum absolute atomic E-state index is 6.18. The van der Waals surface area contributed by atoms with Gasteiger partial charge < -0.3 is 4.74 Å². The molecule has 0 bridgehead atoms. The van der Waals surface area contributed by atoms with Crippen molar-refractivity contribution in [3.63, 3.8) is 0 Å². The van der Waals surface area contributed by atoms with Crippen LogP contribution in [0.5, 0.6) is 11.6 Å². The molecule has 0 radical (unpaired) electrons. The van der Waals surface area contributed by atoms with Gasteiger partial charge in [0.2, 0.25) is 11.2 Å². The first-order valence-corrected chi connectivity index (χ1v) is 7.89. The van der Waals surface area contributed by atoms with Crippen LogP contribution >= 0.6 is 34.5 Å². The first-order chi connectivity index (χ1) is 9.94. The van der Waals surface area contributed by atoms with Gasteiger partial charge in [-0.1, -0.05) is 11.6 Å². The minimum atomic E-state index is 0.182. The fourth-order valence-corrected chi connectivity index (χ4v) is 3.34. The molecule has 6 heteroatoms. The van der Waals surface area contributed by atoms with Crippen LogP contribution in [0.2, 0.25) is 10.3 Å². The Morgan fingerprint density at radius 2 is 1.67 bits per heavy atom. The Morgan fingerprint density at radius 3 is 2.33 bits per heavy atom. The smallest absolute Gasteiger partial charge is 0.232 e. The van der Waals surface area contributed by atoms with E-state index < -0.39 is 0 Å². The maximum atomic E-state index is 6.18. The molecule has 0 atom stereocenters. The highest BCUT2D eigenvalue weighted by molar-refractivity contribution is 7.18. The Hall–Kier alpha value is -1.36. The van der Waals surface area contributed by atoms with Crippen LogP contribution in [-0.4, -0.2) is 9.97 Å². The number of ether oxygens (including phenoxy) is 1. The topological polar surface area (TPSA) is 35.0 Å². The molecule has 0 saturated heterocycles. The molecule has 1 aromatic carbocycles. The monoisotopic (exact) mass is 338 g/mol. The van der Waals surface area contributed by atoms with Crippen LogP contribution in [0.15, 0.2) is 18.2 Å². The van der Waals surface area contributed by atoms with Gasteiger partial charge in [-0.15, -0.1) is 11.3 Å². The number of hydrogen-bond donors (Lipinski definition) is 0. The third kappa shape index (κ3) is 2.84. The average molecular weight is 339 g/mol. The van der Waals surface area contributed by atoms with E-state index in [0.29, 0.717) is 11.6 Å². The van der Waals surface area contributed by atoms with E-state index in [1.807, 2.05) is 39.0 Å². The summed E-state index contributed by atoms with van der Waals surface area (Å²) >= 11 is 13.7. The van der Waals surface area contributed by atoms with Gasteiger partial charge in [0.05, 0.1) is 5.39 Å². The highest BCUT2D eigenvalue weighted by atomic mass is 35.5. The third-order valence-electron chi connectivity index (χ3n) is 3.08. The number of aromatic nitrogens is 2. The third-order valence-corrected chi connectivity index (χ3v) is 4.79. The highest BCUT2D eigenvalue weighted by Crippen LogP contribution is 2.35. The first kappa shape index (κ1) is 14.6. The molecule has 3 rings (SSSR count). The van der Waals surface area contributed by atoms with Crippen molar-refractivity contribution in [3.8, 4) is 11.6 Å². The summed E-state index contributed by atoms with van der Waals surface area (Å²) in [4.78, 5) is 10.4. The fourth-order valence-electron chi connectivity index (χ4n) is 2.15. The molecule has 21 heavy (non-hydrogen) atoms. The Balaban J connectivity index is 2.09. The second kappa shape index (κ2) is 5.44. The number of nitrogens with zero attached hydrogens (tertiary/aromatic N) is 2. The van der Waals surface area contributed by atoms with Gasteiger partial charge in [-0.05, 0) is 61.7 Å². The van der Waals surface area contributed by atoms with Crippen molar-refractivity contribution < 1.29 is 4.74 Å². The molecule has 2 aromatic heterocycles. The summed E-state index contributed by atoms with van der Waals surface area (Å²) in [5.74, 6) is 1.16. The van der Waals surface area contributed by atoms with Gasteiger partial charge in [0.1, 0.15) is 10.6 Å². The molecule has 0 saturated carbocycles. The Bertz CT molecular complexity index is 822. The molecule has 0 fully saturated rings. The van der Waals surface area contributed by atoms with Crippen molar-refractivity contribution in [1.29, 1.82) is 0 Å². The highest BCUT2D eigenvalue weighted by Gasteiger charge is 2.13. The van der Waals surface area contributed by atoms with Gasteiger partial charge in [-0.25, -0.2) is 4.98 Å². The van der Waals surface area contributed by atoms with E-state index in [4.69, 9.17) is 27.9 Å². The van der Waals surface area contributed by atoms with Crippen molar-refractivity contribution in [2.24, 2.45) is 0 Å². The minimum Gasteiger partial charge on any atom is -0.438 e. The van der Waals surface area contributed by atoms with E-state index in [0.717, 1.165) is 31.2 Å². The van der Waals surface area contributed by atoms with Gasteiger partial charge >= 0.3 is 0 Å². The van der Waals surface area contributed by atoms with E-state index in [-0.39, 0.29) is 5.28 Å². The Morgan fingerprint density at radius 1 is 1.00 bits per heavy atom. The molecule has 3 aromatic rings. The molecular weight excluding hydrogens is 327 g/mol. The molecule has 3 nitrogen and oxygen atoms in total. The molecule has 0 N–H and O–H groups in total. The molecular formula is C15H12Cl2N2OS. The van der Waals surface area contributed by atoms with E-state index in [2.05, 4.69) is 9.97 Å². The van der Waals surface area contributed by atoms with Crippen LogP contribution in [0.1, 0.15) is 16.0 Å². The molecule has 108 valence electrons. The molecule has 0 aliphatic carbocycles. The molecule has 2 heterocycles. The van der Waals surface area contributed by atoms with Crippen molar-refractivity contribution in [3.05, 3.63) is 44.5 Å². The summed E-state index contributed by atoms with van der Waals surface area (Å²) in [5.41, 5.74) is 1.93. The lowest BCUT2D eigenvalue weighted by Gasteiger charge is -2.09. The maximum Gasteiger partial charge on any atom is 0.232 e. The molecule has 0 spiro atoms. The minimum absolute atomic E-state index is 0.182. The predicted molar refractivity (Wildman–Crippen MR) is 88.2 cm³/mol. The summed E-state index contributed by atoms with van der Waals surface area (Å²) in [6.45, 7) is 5.90. The van der Waals surface area contributed by atoms with Gasteiger partial charge in [0, 0.05) is 9.90 Å². The summed E-state index contributed by atoms with van der Waals surface area (Å²) < 4.78 is 5.91. The number of hydrogen-bond acceptors (Lipinski definition) is 4. The van der Waals surface area contributed by atoms with E-state index >= 15 is 0 Å². The molecule has 0 amide bonds. The molecule has 0 aliphatic rings. The van der Waals surface area contributed by atoms with Crippen LogP contribution in [0.4, 0.5) is 0 Å². The number of thiophene rings is 1. The zero-order chi connectivity index (χ0) is 15.1. The van der Waals surface area contributed by atoms with Gasteiger partial charge in [0.25, 0.3) is 0 Å². The van der Waals surface area contributed by atoms with Crippen molar-refractivity contribution in [2.45, 2.75) is 20.8 Å². The van der Waals surface area contributed by atoms with Gasteiger partial charge in [-0.2, -0.15) is 4.98 Å². The number of aryl methyl sites for hydroxylation is 3. The second-order valence-electron chi connectivity index (χ2n) is 4.85. The zero-order valence-electron chi connectivity index (χ0n) is 11.7. The van der Waals surface area contributed by atoms with Crippen LogP contribution in [0.25, 0.3) is 10.2 Å². The van der Waals surface area contributed by atoms with Crippen molar-refractivity contribution in [2.75, 3.05) is 0 Å². The first-order valence-electron chi connectivity index (χ1n) is 6.32. The lowest BCUT2D eigenvalue weighted by atomic mass is 10.1. The standard InChI is InChI=1S/C15H12Cl2N2OS/c1-7-4-10(5-8(2)12(7)16)20-13-11-6-9(3)21-14(11)19-15(17)18-13/h4-6H,1-3H3. The summed E-state index contributed by atoms with van der Waals surface area (Å²) in [7, 11) is 0. The largest absolute Gasteiger partial charge is 0.438 e. The van der Waals surface area contributed by atoms with E-state index in [1.54, 1.807) is 11.3 Å². The lowest BCUT2D eigenvalue weighted by Crippen LogP contribution is -1.93. The number of halogens is 2. The van der Waals surface area contributed by atoms with Crippen molar-refractivity contribution in [1.82, 2.24) is 9.97 Å². The second-order valence-corrected chi connectivity index (χ2v) is 6.80. The number of benzene rings is 1. The Labute approximate surface area is 136 Å². The van der Waals surface area contributed by atoms with Gasteiger partial charge in [-0.3, -0.25) is 0 Å². The predicted octanol–water partition coefficient (Wildman–Crippen LogP) is 5.72. The summed E-state index contributed by atoms with van der Waals surface area (Å²) in [6, 6.07) is 5.77. The quantitative estimate of drug-likeness (QED) is 0.561. The zero-order valence-corrected chi connectivity index (χ0v) is 14.0. The molecule has 0 unspecified atom stereocenters. The fraction of sp³-hybridized carbons (Fsp3) is 0.200. The van der Waals surface area contributed by atoms with Crippen LogP contribution < -0.4 is 4.74 Å². The lowest BCUT2D eigenvalue weighted by molar-refractivity contribution is 0.467. The van der Waals surface area contributed by atoms with Crippen LogP contribution in [0.3, 0.4) is 0 Å². The normalized spacial score (nSPS) is 11.1. The summed E-state index contributed by atoms with van der Waals surface area (Å²) in [6.07, 6.45) is 0. The average Bonchev–Trinajstić information content (AvgIpc) is 2.76. The van der Waals surface area contributed by atoms with Crippen molar-refractivity contribution >= 4 is 44.8 Å². The SMILES string of the molecule is Cc1cc2c(Oc3cc(C)c(Cl)c(C)c3)nc(Cl)nc2s1. The van der Waals surface area contributed by atoms with E-state index in [1.165, 1.54) is 0 Å².